The summed E-state index contributed by atoms with van der Waals surface area (Å²) in [7, 11) is 1.47. The molecule has 3 unspecified atom stereocenters. The highest BCUT2D eigenvalue weighted by Gasteiger charge is 2.30. The number of ether oxygens (including phenoxy) is 1. The molecule has 3 atom stereocenters. The molecular formula is C65H118N2O7P+. The molecule has 0 aliphatic rings. The lowest BCUT2D eigenvalue weighted by molar-refractivity contribution is -0.870. The molecule has 0 aliphatic heterocycles. The molecule has 0 aliphatic carbocycles. The van der Waals surface area contributed by atoms with Gasteiger partial charge in [0, 0.05) is 12.8 Å². The third-order valence-electron chi connectivity index (χ3n) is 13.3. The number of quaternary nitrogens is 1. The minimum atomic E-state index is -4.46. The standard InChI is InChI=1S/C65H117N2O7P/c1-7-10-13-16-19-22-25-27-29-31-32-33-34-36-38-40-43-46-49-52-55-58-65(69)74-63(56-53-50-47-44-41-24-21-18-15-12-9-3)62(61-73-75(70,71)72-60-59-67(4,5)6)66-64(68)57-54-51-48-45-42-39-37-35-30-28-26-23-20-17-14-11-8-2/h10,13,19,22,27,29,32-33,36,38,43,46,53,56,62-63H,7-9,11-12,14-18,20-21,23-26,28,30-31,34-35,37,39-42,44-45,47-52,54-55,57-61H2,1-6H3,(H-,66,68,70,71)/p+1/b13-10-,22-19-,29-27-,33-32-,38-36-,46-43-,56-53+. The Labute approximate surface area is 463 Å². The summed E-state index contributed by atoms with van der Waals surface area (Å²) in [5, 5.41) is 3.04. The fourth-order valence-corrected chi connectivity index (χ4v) is 9.33. The van der Waals surface area contributed by atoms with Crippen LogP contribution >= 0.6 is 7.82 Å². The van der Waals surface area contributed by atoms with E-state index >= 15 is 0 Å². The number of nitrogens with one attached hydrogen (secondary N) is 1. The van der Waals surface area contributed by atoms with Crippen molar-refractivity contribution in [2.45, 2.75) is 277 Å². The molecule has 9 nitrogen and oxygen atoms in total. The van der Waals surface area contributed by atoms with Crippen LogP contribution in [0.15, 0.2) is 85.1 Å². The van der Waals surface area contributed by atoms with E-state index in [-0.39, 0.29) is 31.5 Å². The Balaban J connectivity index is 5.30. The first-order valence-corrected chi connectivity index (χ1v) is 32.4. The highest BCUT2D eigenvalue weighted by atomic mass is 31.2. The second-order valence-corrected chi connectivity index (χ2v) is 23.3. The summed E-state index contributed by atoms with van der Waals surface area (Å²) < 4.78 is 30.6. The number of amides is 1. The number of carbonyl (C=O) groups is 2. The van der Waals surface area contributed by atoms with E-state index in [9.17, 15) is 19.0 Å². The van der Waals surface area contributed by atoms with Gasteiger partial charge in [-0.2, -0.15) is 0 Å². The van der Waals surface area contributed by atoms with Gasteiger partial charge in [0.25, 0.3) is 0 Å². The van der Waals surface area contributed by atoms with Gasteiger partial charge in [0.1, 0.15) is 19.3 Å². The number of hydrogen-bond donors (Lipinski definition) is 2. The van der Waals surface area contributed by atoms with Crippen molar-refractivity contribution < 1.29 is 37.3 Å². The van der Waals surface area contributed by atoms with E-state index in [1.165, 1.54) is 135 Å². The maximum Gasteiger partial charge on any atom is 0.472 e. The minimum Gasteiger partial charge on any atom is -0.456 e. The van der Waals surface area contributed by atoms with Gasteiger partial charge in [-0.1, -0.05) is 254 Å². The molecule has 434 valence electrons. The molecule has 0 saturated carbocycles. The number of allylic oxidation sites excluding steroid dienone is 13. The molecule has 0 aromatic carbocycles. The van der Waals surface area contributed by atoms with Crippen LogP contribution in [-0.2, 0) is 27.9 Å². The monoisotopic (exact) mass is 1070 g/mol. The topological polar surface area (TPSA) is 111 Å². The summed E-state index contributed by atoms with van der Waals surface area (Å²) >= 11 is 0. The van der Waals surface area contributed by atoms with Crippen LogP contribution in [0.25, 0.3) is 0 Å². The molecule has 0 spiro atoms. The van der Waals surface area contributed by atoms with Crippen LogP contribution in [-0.4, -0.2) is 74.3 Å². The first-order valence-electron chi connectivity index (χ1n) is 30.9. The fourth-order valence-electron chi connectivity index (χ4n) is 8.59. The van der Waals surface area contributed by atoms with Crippen molar-refractivity contribution in [1.82, 2.24) is 5.32 Å². The zero-order chi connectivity index (χ0) is 55.0. The second kappa shape index (κ2) is 54.5. The number of phosphoric ester groups is 1. The summed E-state index contributed by atoms with van der Waals surface area (Å²) in [4.78, 5) is 37.7. The smallest absolute Gasteiger partial charge is 0.456 e. The van der Waals surface area contributed by atoms with E-state index in [2.05, 4.69) is 99.0 Å². The third kappa shape index (κ3) is 55.7. The number of carbonyl (C=O) groups excluding carboxylic acids is 2. The summed E-state index contributed by atoms with van der Waals surface area (Å²) in [6.45, 7) is 6.87. The van der Waals surface area contributed by atoms with Crippen LogP contribution in [0.5, 0.6) is 0 Å². The second-order valence-electron chi connectivity index (χ2n) is 21.9. The van der Waals surface area contributed by atoms with Gasteiger partial charge in [-0.15, -0.1) is 0 Å². The Kier molecular flexibility index (Phi) is 52.5. The first-order chi connectivity index (χ1) is 36.4. The summed E-state index contributed by atoms with van der Waals surface area (Å²) in [6.07, 6.45) is 71.5. The summed E-state index contributed by atoms with van der Waals surface area (Å²) in [5.74, 6) is -0.553. The number of likely N-dealkylation sites (N-methyl/N-ethyl adjacent to an activating group) is 1. The largest absolute Gasteiger partial charge is 0.472 e. The molecule has 1 amide bonds. The van der Waals surface area contributed by atoms with Gasteiger partial charge in [-0.3, -0.25) is 18.6 Å². The van der Waals surface area contributed by atoms with Crippen LogP contribution < -0.4 is 5.32 Å². The van der Waals surface area contributed by atoms with Crippen LogP contribution in [0.3, 0.4) is 0 Å². The number of esters is 1. The number of hydrogen-bond acceptors (Lipinski definition) is 6. The van der Waals surface area contributed by atoms with Crippen LogP contribution in [0, 0.1) is 0 Å². The van der Waals surface area contributed by atoms with Gasteiger partial charge >= 0.3 is 13.8 Å². The molecule has 0 aromatic heterocycles. The molecule has 10 heteroatoms. The molecule has 0 fully saturated rings. The maximum atomic E-state index is 13.5. The predicted octanol–water partition coefficient (Wildman–Crippen LogP) is 19.0. The molecule has 0 saturated heterocycles. The van der Waals surface area contributed by atoms with Crippen LogP contribution in [0.2, 0.25) is 0 Å². The van der Waals surface area contributed by atoms with Crippen molar-refractivity contribution in [3.05, 3.63) is 85.1 Å². The van der Waals surface area contributed by atoms with E-state index in [1.54, 1.807) is 0 Å². The number of unbranched alkanes of at least 4 members (excludes halogenated alkanes) is 27. The normalized spacial score (nSPS) is 14.3. The van der Waals surface area contributed by atoms with Crippen molar-refractivity contribution in [1.29, 1.82) is 0 Å². The van der Waals surface area contributed by atoms with Crippen molar-refractivity contribution in [3.63, 3.8) is 0 Å². The number of phosphoric acid groups is 1. The average Bonchev–Trinajstić information content (AvgIpc) is 3.37. The molecular weight excluding hydrogens is 952 g/mol. The zero-order valence-corrected chi connectivity index (χ0v) is 50.4. The highest BCUT2D eigenvalue weighted by Crippen LogP contribution is 2.43. The highest BCUT2D eigenvalue weighted by molar-refractivity contribution is 7.47. The van der Waals surface area contributed by atoms with Crippen molar-refractivity contribution in [2.75, 3.05) is 40.9 Å². The molecule has 2 N–H and O–H groups in total. The lowest BCUT2D eigenvalue weighted by Gasteiger charge is -2.27. The molecule has 0 radical (unpaired) electrons. The number of nitrogens with zero attached hydrogens (tertiary/aromatic N) is 1. The average molecular weight is 1070 g/mol. The van der Waals surface area contributed by atoms with Crippen molar-refractivity contribution >= 4 is 19.7 Å². The van der Waals surface area contributed by atoms with Crippen LogP contribution in [0.4, 0.5) is 0 Å². The zero-order valence-electron chi connectivity index (χ0n) is 49.5. The lowest BCUT2D eigenvalue weighted by Crippen LogP contribution is -2.47. The SMILES string of the molecule is CC/C=C\C/C=C\C/C=C\C/C=C\C/C=C\C/C=C\CCCCC(=O)OC(/C=C/CCCCCCCCCCC)C(COP(=O)(O)OCC[N+](C)(C)C)NC(=O)CCCCCCCCCCCCCCCCCCC. The number of rotatable bonds is 55. The Morgan fingerprint density at radius 2 is 0.853 bits per heavy atom. The van der Waals surface area contributed by atoms with Crippen molar-refractivity contribution in [2.24, 2.45) is 0 Å². The van der Waals surface area contributed by atoms with E-state index in [4.69, 9.17) is 13.8 Å². The van der Waals surface area contributed by atoms with Gasteiger partial charge in [0.15, 0.2) is 0 Å². The van der Waals surface area contributed by atoms with E-state index in [0.717, 1.165) is 89.9 Å². The first kappa shape index (κ1) is 72.2. The molecule has 0 heterocycles. The van der Waals surface area contributed by atoms with Gasteiger partial charge in [-0.05, 0) is 83.1 Å². The van der Waals surface area contributed by atoms with E-state index < -0.39 is 20.0 Å². The Morgan fingerprint density at radius 3 is 1.29 bits per heavy atom. The third-order valence-corrected chi connectivity index (χ3v) is 14.3. The van der Waals surface area contributed by atoms with Gasteiger partial charge in [0.05, 0.1) is 33.8 Å². The lowest BCUT2D eigenvalue weighted by atomic mass is 10.0. The molecule has 0 rings (SSSR count). The Morgan fingerprint density at radius 1 is 0.480 bits per heavy atom. The molecule has 0 aromatic rings. The maximum absolute atomic E-state index is 13.5. The van der Waals surface area contributed by atoms with Gasteiger partial charge in [-0.25, -0.2) is 4.57 Å². The van der Waals surface area contributed by atoms with Gasteiger partial charge in [0.2, 0.25) is 5.91 Å². The quantitative estimate of drug-likeness (QED) is 0.0205. The van der Waals surface area contributed by atoms with Crippen molar-refractivity contribution in [3.8, 4) is 0 Å². The Bertz CT molecular complexity index is 1560. The van der Waals surface area contributed by atoms with Gasteiger partial charge < -0.3 is 19.4 Å². The predicted molar refractivity (Wildman–Crippen MR) is 323 cm³/mol. The van der Waals surface area contributed by atoms with E-state index in [0.29, 0.717) is 23.9 Å². The summed E-state index contributed by atoms with van der Waals surface area (Å²) in [6, 6.07) is -0.868. The molecule has 0 bridgehead atoms. The molecule has 75 heavy (non-hydrogen) atoms. The fraction of sp³-hybridized carbons (Fsp3) is 0.754. The minimum absolute atomic E-state index is 0.0310. The van der Waals surface area contributed by atoms with E-state index in [1.807, 2.05) is 33.3 Å². The van der Waals surface area contributed by atoms with Crippen LogP contribution in [0.1, 0.15) is 265 Å². The Hall–Kier alpha value is -2.81. The summed E-state index contributed by atoms with van der Waals surface area (Å²) in [5.41, 5.74) is 0.